The third-order valence-corrected chi connectivity index (χ3v) is 9.30. The van der Waals surface area contributed by atoms with E-state index in [2.05, 4.69) is 15.5 Å². The highest BCUT2D eigenvalue weighted by Crippen LogP contribution is 2.38. The zero-order valence-electron chi connectivity index (χ0n) is 27.7. The quantitative estimate of drug-likeness (QED) is 0.102. The van der Waals surface area contributed by atoms with Gasteiger partial charge in [0.2, 0.25) is 11.8 Å². The summed E-state index contributed by atoms with van der Waals surface area (Å²) in [6.45, 7) is 2.28. The minimum Gasteiger partial charge on any atom is -0.397 e. The molecule has 0 spiro atoms. The third-order valence-electron chi connectivity index (χ3n) is 9.30. The molecular weight excluding hydrogens is 608 g/mol. The molecule has 6 N–H and O–H groups in total. The van der Waals surface area contributed by atoms with E-state index in [1.165, 1.54) is 0 Å². The van der Waals surface area contributed by atoms with Gasteiger partial charge in [-0.1, -0.05) is 73.5 Å². The fraction of sp³-hybridized carbons (Fsp3) is 0.474. The number of unbranched alkanes of at least 4 members (excludes halogenated alkanes) is 3. The molecule has 0 unspecified atom stereocenters. The van der Waals surface area contributed by atoms with Crippen molar-refractivity contribution >= 4 is 23.2 Å². The van der Waals surface area contributed by atoms with E-state index in [-0.39, 0.29) is 43.3 Å². The van der Waals surface area contributed by atoms with E-state index in [4.69, 9.17) is 15.2 Å². The minimum absolute atomic E-state index is 0.00152. The van der Waals surface area contributed by atoms with Gasteiger partial charge in [0.25, 0.3) is 0 Å². The molecule has 3 aromatic carbocycles. The minimum atomic E-state index is -0.548. The van der Waals surface area contributed by atoms with Crippen LogP contribution in [0.3, 0.4) is 0 Å². The van der Waals surface area contributed by atoms with Gasteiger partial charge in [-0.15, -0.1) is 0 Å². The van der Waals surface area contributed by atoms with Crippen LogP contribution in [-0.4, -0.2) is 58.8 Å². The zero-order valence-corrected chi connectivity index (χ0v) is 27.7. The number of ether oxygens (including phenoxy) is 2. The number of carbonyl (C=O) groups is 2. The largest absolute Gasteiger partial charge is 0.397 e. The second kappa shape index (κ2) is 18.1. The maximum absolute atomic E-state index is 12.5. The fourth-order valence-corrected chi connectivity index (χ4v) is 6.47. The highest BCUT2D eigenvalue weighted by atomic mass is 16.7. The van der Waals surface area contributed by atoms with Gasteiger partial charge >= 0.3 is 0 Å². The van der Waals surface area contributed by atoms with Crippen LogP contribution in [0, 0.1) is 0 Å². The average Bonchev–Trinajstić information content (AvgIpc) is 3.57. The van der Waals surface area contributed by atoms with E-state index >= 15 is 0 Å². The Labute approximate surface area is 283 Å². The molecule has 0 radical (unpaired) electrons. The molecule has 0 aromatic heterocycles. The Balaban J connectivity index is 1.06. The van der Waals surface area contributed by atoms with Crippen LogP contribution < -0.4 is 16.4 Å². The Hall–Kier alpha value is -3.80. The van der Waals surface area contributed by atoms with Gasteiger partial charge in [-0.25, -0.2) is 0 Å². The molecule has 258 valence electrons. The number of hydrogen-bond donors (Lipinski definition) is 5. The highest BCUT2D eigenvalue weighted by molar-refractivity contribution is 5.93. The highest BCUT2D eigenvalue weighted by Gasteiger charge is 2.35. The SMILES string of the molecule is Nc1ccccc1NC(=O)CCCCCCC(=O)NCc1ccc([C@H]2O[C@@H](CN3CCC[C@H]3CO)C[C@@H](c3ccc(CO)cc3)O2)cc1. The Morgan fingerprint density at radius 2 is 1.52 bits per heavy atom. The molecule has 2 saturated heterocycles. The molecule has 10 heteroatoms. The van der Waals surface area contributed by atoms with Gasteiger partial charge in [-0.3, -0.25) is 14.5 Å². The first-order valence-corrected chi connectivity index (χ1v) is 17.3. The number of nitrogens with one attached hydrogen (secondary N) is 2. The topological polar surface area (TPSA) is 146 Å². The summed E-state index contributed by atoms with van der Waals surface area (Å²) in [5, 5.41) is 25.2. The van der Waals surface area contributed by atoms with E-state index in [0.29, 0.717) is 37.2 Å². The molecule has 2 heterocycles. The number of hydrogen-bond acceptors (Lipinski definition) is 8. The standard InChI is InChI=1S/C38H50N4O6/c39-33-9-5-6-10-34(33)41-37(46)12-4-2-1-3-11-36(45)40-23-27-13-19-30(20-14-27)38-47-32(24-42-21-7-8-31(42)26-44)22-35(48-38)29-17-15-28(25-43)16-18-29/h5-6,9-10,13-20,31-32,35,38,43-44H,1-4,7-8,11-12,21-26,39H2,(H,40,45)(H,41,46)/t31-,32+,35-,38-/m0/s1. The molecule has 4 atom stereocenters. The Morgan fingerprint density at radius 3 is 2.23 bits per heavy atom. The number of likely N-dealkylation sites (tertiary alicyclic amines) is 1. The van der Waals surface area contributed by atoms with E-state index in [1.807, 2.05) is 60.7 Å². The molecule has 2 aliphatic rings. The molecule has 0 aliphatic carbocycles. The predicted molar refractivity (Wildman–Crippen MR) is 186 cm³/mol. The van der Waals surface area contributed by atoms with Crippen molar-refractivity contribution in [1.82, 2.24) is 10.2 Å². The number of anilines is 2. The summed E-state index contributed by atoms with van der Waals surface area (Å²) >= 11 is 0. The molecule has 2 fully saturated rings. The van der Waals surface area contributed by atoms with Crippen LogP contribution in [0.15, 0.2) is 72.8 Å². The number of nitrogen functional groups attached to an aromatic ring is 1. The summed E-state index contributed by atoms with van der Waals surface area (Å²) < 4.78 is 13.0. The van der Waals surface area contributed by atoms with Gasteiger partial charge < -0.3 is 36.1 Å². The predicted octanol–water partition coefficient (Wildman–Crippen LogP) is 5.36. The van der Waals surface area contributed by atoms with Crippen molar-refractivity contribution in [2.75, 3.05) is 30.7 Å². The van der Waals surface area contributed by atoms with Gasteiger partial charge in [0, 0.05) is 44.0 Å². The summed E-state index contributed by atoms with van der Waals surface area (Å²) in [5.74, 6) is -0.0407. The molecule has 0 bridgehead atoms. The molecule has 0 saturated carbocycles. The summed E-state index contributed by atoms with van der Waals surface area (Å²) in [4.78, 5) is 27.0. The number of aliphatic hydroxyl groups is 2. The molecule has 10 nitrogen and oxygen atoms in total. The van der Waals surface area contributed by atoms with E-state index in [9.17, 15) is 19.8 Å². The van der Waals surface area contributed by atoms with E-state index in [1.54, 1.807) is 12.1 Å². The first-order chi connectivity index (χ1) is 23.4. The fourth-order valence-electron chi connectivity index (χ4n) is 6.47. The summed E-state index contributed by atoms with van der Waals surface area (Å²) in [6.07, 6.45) is 6.18. The lowest BCUT2D eigenvalue weighted by molar-refractivity contribution is -0.253. The second-order valence-electron chi connectivity index (χ2n) is 12.9. The summed E-state index contributed by atoms with van der Waals surface area (Å²) in [6, 6.07) is 23.2. The van der Waals surface area contributed by atoms with Crippen molar-refractivity contribution < 1.29 is 29.3 Å². The molecule has 2 aliphatic heterocycles. The lowest BCUT2D eigenvalue weighted by atomic mass is 9.99. The van der Waals surface area contributed by atoms with Crippen molar-refractivity contribution in [2.45, 2.75) is 95.5 Å². The van der Waals surface area contributed by atoms with Crippen LogP contribution in [0.25, 0.3) is 0 Å². The van der Waals surface area contributed by atoms with Crippen LogP contribution in [-0.2, 0) is 32.2 Å². The van der Waals surface area contributed by atoms with Gasteiger partial charge in [-0.05, 0) is 61.1 Å². The second-order valence-corrected chi connectivity index (χ2v) is 12.9. The lowest BCUT2D eigenvalue weighted by Gasteiger charge is -2.38. The van der Waals surface area contributed by atoms with Gasteiger partial charge in [-0.2, -0.15) is 0 Å². The molecule has 3 aromatic rings. The molecule has 2 amide bonds. The monoisotopic (exact) mass is 658 g/mol. The van der Waals surface area contributed by atoms with Crippen LogP contribution in [0.2, 0.25) is 0 Å². The van der Waals surface area contributed by atoms with Gasteiger partial charge in [0.15, 0.2) is 6.29 Å². The smallest absolute Gasteiger partial charge is 0.224 e. The molecular formula is C38H50N4O6. The van der Waals surface area contributed by atoms with Crippen molar-refractivity contribution in [3.05, 3.63) is 95.1 Å². The average molecular weight is 659 g/mol. The maximum atomic E-state index is 12.5. The van der Waals surface area contributed by atoms with Crippen LogP contribution in [0.5, 0.6) is 0 Å². The number of para-hydroxylation sites is 2. The number of amides is 2. The number of benzene rings is 3. The zero-order chi connectivity index (χ0) is 33.7. The van der Waals surface area contributed by atoms with Crippen molar-refractivity contribution in [2.24, 2.45) is 0 Å². The van der Waals surface area contributed by atoms with Gasteiger partial charge in [0.1, 0.15) is 0 Å². The van der Waals surface area contributed by atoms with Crippen molar-refractivity contribution in [3.63, 3.8) is 0 Å². The van der Waals surface area contributed by atoms with Crippen LogP contribution >= 0.6 is 0 Å². The number of rotatable bonds is 16. The summed E-state index contributed by atoms with van der Waals surface area (Å²) in [5.41, 5.74) is 10.9. The van der Waals surface area contributed by atoms with Crippen molar-refractivity contribution in [3.8, 4) is 0 Å². The van der Waals surface area contributed by atoms with Crippen LogP contribution in [0.4, 0.5) is 11.4 Å². The normalized spacial score (nSPS) is 21.2. The Morgan fingerprint density at radius 1 is 0.833 bits per heavy atom. The van der Waals surface area contributed by atoms with E-state index < -0.39 is 6.29 Å². The van der Waals surface area contributed by atoms with Crippen molar-refractivity contribution in [1.29, 1.82) is 0 Å². The first kappa shape index (κ1) is 35.5. The third kappa shape index (κ3) is 10.3. The Kier molecular flexibility index (Phi) is 13.4. The Bertz CT molecular complexity index is 1450. The molecule has 48 heavy (non-hydrogen) atoms. The number of nitrogens with two attached hydrogens (primary N) is 1. The number of nitrogens with zero attached hydrogens (tertiary/aromatic N) is 1. The maximum Gasteiger partial charge on any atom is 0.224 e. The van der Waals surface area contributed by atoms with E-state index in [0.717, 1.165) is 73.9 Å². The first-order valence-electron chi connectivity index (χ1n) is 17.3. The molecule has 5 rings (SSSR count). The number of carbonyl (C=O) groups excluding carboxylic acids is 2. The van der Waals surface area contributed by atoms with Crippen LogP contribution in [0.1, 0.15) is 92.4 Å². The lowest BCUT2D eigenvalue weighted by Crippen LogP contribution is -2.42. The summed E-state index contributed by atoms with van der Waals surface area (Å²) in [7, 11) is 0. The van der Waals surface area contributed by atoms with Gasteiger partial charge in [0.05, 0.1) is 36.8 Å². The number of aliphatic hydroxyl groups excluding tert-OH is 2.